The Kier molecular flexibility index (Phi) is 7.27. The van der Waals surface area contributed by atoms with Gasteiger partial charge < -0.3 is 10.2 Å². The molecule has 1 N–H and O–H groups in total. The summed E-state index contributed by atoms with van der Waals surface area (Å²) in [4.78, 5) is 16.9. The van der Waals surface area contributed by atoms with Gasteiger partial charge in [-0.25, -0.2) is 9.18 Å². The standard InChI is InChI=1S/C27H24F4N4O/c1-34-13-3-6-23(34)17-35(26(36)33-21-9-12-25(28)24(15-21)27(29,30)31)22-10-7-19(8-11-22)20-5-2-4-18(14-20)16-32/h2,4-5,7-12,14-15,23H,3,6,13,17H2,1H3,(H,33,36). The number of rotatable bonds is 5. The number of nitriles is 1. The van der Waals surface area contributed by atoms with Crippen molar-refractivity contribution in [2.75, 3.05) is 30.4 Å². The molecule has 1 fully saturated rings. The summed E-state index contributed by atoms with van der Waals surface area (Å²) in [6.07, 6.45) is -3.01. The van der Waals surface area contributed by atoms with Crippen LogP contribution in [0, 0.1) is 17.1 Å². The second kappa shape index (κ2) is 10.4. The van der Waals surface area contributed by atoms with Crippen molar-refractivity contribution in [2.24, 2.45) is 0 Å². The number of hydrogen-bond acceptors (Lipinski definition) is 3. The first-order valence-electron chi connectivity index (χ1n) is 11.4. The molecule has 1 aliphatic rings. The summed E-state index contributed by atoms with van der Waals surface area (Å²) >= 11 is 0. The molecule has 0 aromatic heterocycles. The molecule has 2 amide bonds. The quantitative estimate of drug-likeness (QED) is 0.410. The van der Waals surface area contributed by atoms with Crippen LogP contribution in [0.3, 0.4) is 0 Å². The first-order chi connectivity index (χ1) is 17.2. The van der Waals surface area contributed by atoms with E-state index in [1.165, 1.54) is 4.90 Å². The zero-order chi connectivity index (χ0) is 25.9. The number of hydrogen-bond donors (Lipinski definition) is 1. The number of likely N-dealkylation sites (tertiary alicyclic amines) is 1. The molecule has 0 saturated carbocycles. The minimum Gasteiger partial charge on any atom is -0.308 e. The lowest BCUT2D eigenvalue weighted by Gasteiger charge is -2.29. The maximum atomic E-state index is 13.7. The molecular formula is C27H24F4N4O. The smallest absolute Gasteiger partial charge is 0.308 e. The second-order valence-electron chi connectivity index (χ2n) is 8.75. The van der Waals surface area contributed by atoms with E-state index in [2.05, 4.69) is 16.3 Å². The van der Waals surface area contributed by atoms with E-state index in [1.54, 1.807) is 30.3 Å². The van der Waals surface area contributed by atoms with Gasteiger partial charge in [0.2, 0.25) is 0 Å². The second-order valence-corrected chi connectivity index (χ2v) is 8.75. The maximum absolute atomic E-state index is 13.7. The zero-order valence-electron chi connectivity index (χ0n) is 19.5. The Morgan fingerprint density at radius 1 is 1.11 bits per heavy atom. The third-order valence-electron chi connectivity index (χ3n) is 6.34. The Hall–Kier alpha value is -3.90. The fourth-order valence-corrected chi connectivity index (χ4v) is 4.34. The topological polar surface area (TPSA) is 59.4 Å². The van der Waals surface area contributed by atoms with Crippen LogP contribution < -0.4 is 10.2 Å². The molecule has 9 heteroatoms. The molecule has 5 nitrogen and oxygen atoms in total. The van der Waals surface area contributed by atoms with Gasteiger partial charge in [0.05, 0.1) is 17.2 Å². The van der Waals surface area contributed by atoms with Crippen LogP contribution in [0.4, 0.5) is 33.7 Å². The van der Waals surface area contributed by atoms with E-state index >= 15 is 0 Å². The largest absolute Gasteiger partial charge is 0.419 e. The monoisotopic (exact) mass is 496 g/mol. The van der Waals surface area contributed by atoms with Crippen LogP contribution in [0.1, 0.15) is 24.0 Å². The van der Waals surface area contributed by atoms with Crippen molar-refractivity contribution in [3.63, 3.8) is 0 Å². The molecule has 1 unspecified atom stereocenters. The fourth-order valence-electron chi connectivity index (χ4n) is 4.34. The number of nitrogens with zero attached hydrogens (tertiary/aromatic N) is 3. The van der Waals surface area contributed by atoms with Crippen molar-refractivity contribution >= 4 is 17.4 Å². The summed E-state index contributed by atoms with van der Waals surface area (Å²) in [6.45, 7) is 1.22. The van der Waals surface area contributed by atoms with Gasteiger partial charge in [0.25, 0.3) is 0 Å². The van der Waals surface area contributed by atoms with Crippen LogP contribution in [0.2, 0.25) is 0 Å². The van der Waals surface area contributed by atoms with Crippen molar-refractivity contribution in [3.8, 4) is 17.2 Å². The van der Waals surface area contributed by atoms with Crippen molar-refractivity contribution in [1.82, 2.24) is 4.90 Å². The predicted molar refractivity (Wildman–Crippen MR) is 130 cm³/mol. The molecule has 1 atom stereocenters. The lowest BCUT2D eigenvalue weighted by molar-refractivity contribution is -0.139. The van der Waals surface area contributed by atoms with Crippen LogP contribution in [-0.4, -0.2) is 37.1 Å². The van der Waals surface area contributed by atoms with Crippen molar-refractivity contribution in [3.05, 3.63) is 83.7 Å². The molecule has 0 aliphatic carbocycles. The molecule has 186 valence electrons. The van der Waals surface area contributed by atoms with E-state index < -0.39 is 23.6 Å². The SMILES string of the molecule is CN1CCCC1CN(C(=O)Nc1ccc(F)c(C(F)(F)F)c1)c1ccc(-c2cccc(C#N)c2)cc1. The van der Waals surface area contributed by atoms with E-state index in [1.807, 2.05) is 25.2 Å². The third-order valence-corrected chi connectivity index (χ3v) is 6.34. The van der Waals surface area contributed by atoms with Gasteiger partial charge in [0.1, 0.15) is 5.82 Å². The van der Waals surface area contributed by atoms with Gasteiger partial charge in [-0.15, -0.1) is 0 Å². The summed E-state index contributed by atoms with van der Waals surface area (Å²) < 4.78 is 53.1. The van der Waals surface area contributed by atoms with Crippen LogP contribution in [-0.2, 0) is 6.18 Å². The zero-order valence-corrected chi connectivity index (χ0v) is 19.5. The number of benzene rings is 3. The highest BCUT2D eigenvalue weighted by Crippen LogP contribution is 2.33. The average molecular weight is 497 g/mol. The number of carbonyl (C=O) groups excluding carboxylic acids is 1. The molecule has 1 heterocycles. The molecule has 36 heavy (non-hydrogen) atoms. The Morgan fingerprint density at radius 2 is 1.86 bits per heavy atom. The van der Waals surface area contributed by atoms with Crippen molar-refractivity contribution in [1.29, 1.82) is 5.26 Å². The van der Waals surface area contributed by atoms with E-state index in [0.29, 0.717) is 29.9 Å². The lowest BCUT2D eigenvalue weighted by Crippen LogP contribution is -2.44. The highest BCUT2D eigenvalue weighted by molar-refractivity contribution is 6.02. The summed E-state index contributed by atoms with van der Waals surface area (Å²) in [7, 11) is 1.97. The van der Waals surface area contributed by atoms with Crippen LogP contribution in [0.5, 0.6) is 0 Å². The van der Waals surface area contributed by atoms with Gasteiger partial charge in [-0.3, -0.25) is 4.90 Å². The predicted octanol–water partition coefficient (Wildman–Crippen LogP) is 6.52. The number of halogens is 4. The minimum atomic E-state index is -4.88. The van der Waals surface area contributed by atoms with E-state index in [9.17, 15) is 22.4 Å². The maximum Gasteiger partial charge on any atom is 0.419 e. The number of anilines is 2. The number of amides is 2. The molecule has 1 aliphatic heterocycles. The van der Waals surface area contributed by atoms with Crippen molar-refractivity contribution in [2.45, 2.75) is 25.1 Å². The molecule has 0 radical (unpaired) electrons. The number of urea groups is 1. The van der Waals surface area contributed by atoms with Crippen LogP contribution >= 0.6 is 0 Å². The van der Waals surface area contributed by atoms with Crippen LogP contribution in [0.15, 0.2) is 66.7 Å². The van der Waals surface area contributed by atoms with Gasteiger partial charge in [0.15, 0.2) is 0 Å². The number of likely N-dealkylation sites (N-methyl/N-ethyl adjacent to an activating group) is 1. The van der Waals surface area contributed by atoms with Gasteiger partial charge in [-0.2, -0.15) is 18.4 Å². The van der Waals surface area contributed by atoms with E-state index in [-0.39, 0.29) is 11.7 Å². The molecule has 0 bridgehead atoms. The summed E-state index contributed by atoms with van der Waals surface area (Å²) in [5.41, 5.74) is 1.20. The van der Waals surface area contributed by atoms with Gasteiger partial charge in [0, 0.05) is 24.0 Å². The molecule has 4 rings (SSSR count). The first-order valence-corrected chi connectivity index (χ1v) is 11.4. The molecule has 3 aromatic carbocycles. The lowest BCUT2D eigenvalue weighted by atomic mass is 10.0. The molecule has 3 aromatic rings. The number of alkyl halides is 3. The Labute approximate surface area is 206 Å². The summed E-state index contributed by atoms with van der Waals surface area (Å²) in [5.74, 6) is -1.40. The highest BCUT2D eigenvalue weighted by Gasteiger charge is 2.34. The Balaban J connectivity index is 1.61. The molecule has 0 spiro atoms. The summed E-state index contributed by atoms with van der Waals surface area (Å²) in [6, 6.07) is 18.3. The Bertz CT molecular complexity index is 1280. The van der Waals surface area contributed by atoms with Gasteiger partial charge in [-0.1, -0.05) is 24.3 Å². The van der Waals surface area contributed by atoms with E-state index in [4.69, 9.17) is 5.26 Å². The normalized spacial score (nSPS) is 15.9. The van der Waals surface area contributed by atoms with E-state index in [0.717, 1.165) is 36.6 Å². The molecular weight excluding hydrogens is 472 g/mol. The minimum absolute atomic E-state index is 0.0849. The van der Waals surface area contributed by atoms with Gasteiger partial charge >= 0.3 is 12.2 Å². The third kappa shape index (κ3) is 5.66. The number of nitrogens with one attached hydrogen (secondary N) is 1. The fraction of sp³-hybridized carbons (Fsp3) is 0.259. The Morgan fingerprint density at radius 3 is 2.50 bits per heavy atom. The highest BCUT2D eigenvalue weighted by atomic mass is 19.4. The average Bonchev–Trinajstić information content (AvgIpc) is 3.27. The summed E-state index contributed by atoms with van der Waals surface area (Å²) in [5, 5.41) is 11.6. The number of carbonyl (C=O) groups is 1. The first kappa shape index (κ1) is 25.2. The van der Waals surface area contributed by atoms with Crippen molar-refractivity contribution < 1.29 is 22.4 Å². The van der Waals surface area contributed by atoms with Gasteiger partial charge in [-0.05, 0) is 80.0 Å². The molecule has 1 saturated heterocycles. The van der Waals surface area contributed by atoms with Crippen LogP contribution in [0.25, 0.3) is 11.1 Å².